The number of halogens is 1. The lowest BCUT2D eigenvalue weighted by atomic mass is 9.98. The molecule has 1 N–H and O–H groups in total. The summed E-state index contributed by atoms with van der Waals surface area (Å²) < 4.78 is 10.4. The van der Waals surface area contributed by atoms with Gasteiger partial charge >= 0.3 is 11.9 Å². The van der Waals surface area contributed by atoms with Gasteiger partial charge in [-0.05, 0) is 32.1 Å². The maximum Gasteiger partial charge on any atom is 0.323 e. The largest absolute Gasteiger partial charge is 1.00 e. The Kier molecular flexibility index (Phi) is 11.4. The molecule has 0 bridgehead atoms. The number of carbonyl (C=O) groups is 2. The maximum atomic E-state index is 11.9. The Hall–Kier alpha value is -0.810. The van der Waals surface area contributed by atoms with Gasteiger partial charge < -0.3 is 21.9 Å². The zero-order valence-corrected chi connectivity index (χ0v) is 13.8. The van der Waals surface area contributed by atoms with Crippen LogP contribution >= 0.6 is 0 Å². The van der Waals surface area contributed by atoms with Crippen LogP contribution in [0.1, 0.15) is 58.8 Å². The summed E-state index contributed by atoms with van der Waals surface area (Å²) in [5.74, 6) is -0.492. The van der Waals surface area contributed by atoms with Gasteiger partial charge in [-0.15, -0.1) is 0 Å². The molecule has 0 aromatic rings. The first-order chi connectivity index (χ1) is 9.69. The quantitative estimate of drug-likeness (QED) is 0.468. The van der Waals surface area contributed by atoms with E-state index in [0.717, 1.165) is 44.9 Å². The van der Waals surface area contributed by atoms with E-state index in [9.17, 15) is 9.59 Å². The van der Waals surface area contributed by atoms with E-state index in [0.29, 0.717) is 13.2 Å². The predicted octanol–water partition coefficient (Wildman–Crippen LogP) is -0.812. The lowest BCUT2D eigenvalue weighted by Gasteiger charge is -2.28. The average Bonchev–Trinajstić information content (AvgIpc) is 2.47. The van der Waals surface area contributed by atoms with Crippen LogP contribution in [0.15, 0.2) is 0 Å². The number of ether oxygens (including phenoxy) is 2. The Morgan fingerprint density at radius 1 is 0.952 bits per heavy atom. The van der Waals surface area contributed by atoms with Crippen molar-refractivity contribution in [1.29, 1.82) is 0 Å². The summed E-state index contributed by atoms with van der Waals surface area (Å²) in [6, 6.07) is -0.742. The summed E-state index contributed by atoms with van der Waals surface area (Å²) in [5.41, 5.74) is 0. The standard InChI is InChI=1S/C15H27NO4.ClH/c1-3-5-10-19-14(17)12-8-7-9-13(16-12)15(18)20-11-6-4-2;/h12-13,16H,3-11H2,1-2H3;1H/p-1. The van der Waals surface area contributed by atoms with Crippen LogP contribution in [0, 0.1) is 0 Å². The van der Waals surface area contributed by atoms with Crippen molar-refractivity contribution in [3.05, 3.63) is 0 Å². The second-order valence-corrected chi connectivity index (χ2v) is 5.24. The molecule has 0 spiro atoms. The van der Waals surface area contributed by atoms with E-state index in [4.69, 9.17) is 9.47 Å². The van der Waals surface area contributed by atoms with Gasteiger partial charge in [-0.25, -0.2) is 0 Å². The van der Waals surface area contributed by atoms with Gasteiger partial charge in [0, 0.05) is 0 Å². The van der Waals surface area contributed by atoms with Crippen LogP contribution in [-0.4, -0.2) is 37.2 Å². The molecular formula is C15H27ClNO4-. The minimum atomic E-state index is -0.371. The molecule has 0 aliphatic carbocycles. The Labute approximate surface area is 133 Å². The molecule has 5 nitrogen and oxygen atoms in total. The molecule has 21 heavy (non-hydrogen) atoms. The van der Waals surface area contributed by atoms with E-state index in [1.54, 1.807) is 0 Å². The topological polar surface area (TPSA) is 64.6 Å². The van der Waals surface area contributed by atoms with E-state index < -0.39 is 0 Å². The summed E-state index contributed by atoms with van der Waals surface area (Å²) in [4.78, 5) is 23.7. The maximum absolute atomic E-state index is 11.9. The molecule has 1 heterocycles. The lowest BCUT2D eigenvalue weighted by molar-refractivity contribution is -0.151. The van der Waals surface area contributed by atoms with Crippen molar-refractivity contribution in [3.63, 3.8) is 0 Å². The molecule has 6 heteroatoms. The molecule has 0 radical (unpaired) electrons. The smallest absolute Gasteiger partial charge is 0.323 e. The van der Waals surface area contributed by atoms with Crippen molar-refractivity contribution in [2.24, 2.45) is 0 Å². The fourth-order valence-corrected chi connectivity index (χ4v) is 2.14. The summed E-state index contributed by atoms with van der Waals surface area (Å²) in [7, 11) is 0. The van der Waals surface area contributed by atoms with Crippen LogP contribution < -0.4 is 17.7 Å². The Balaban J connectivity index is 0.00000400. The van der Waals surface area contributed by atoms with Gasteiger partial charge in [0.2, 0.25) is 0 Å². The zero-order valence-electron chi connectivity index (χ0n) is 13.0. The highest BCUT2D eigenvalue weighted by atomic mass is 35.5. The van der Waals surface area contributed by atoms with E-state index in [-0.39, 0.29) is 36.4 Å². The van der Waals surface area contributed by atoms with E-state index >= 15 is 0 Å². The number of esters is 2. The second kappa shape index (κ2) is 11.8. The Bertz CT molecular complexity index is 284. The van der Waals surface area contributed by atoms with Gasteiger partial charge in [-0.3, -0.25) is 14.9 Å². The van der Waals surface area contributed by atoms with Crippen LogP contribution in [0.4, 0.5) is 0 Å². The Morgan fingerprint density at radius 3 is 1.76 bits per heavy atom. The summed E-state index contributed by atoms with van der Waals surface area (Å²) in [6.45, 7) is 5.02. The van der Waals surface area contributed by atoms with Gasteiger partial charge in [-0.1, -0.05) is 26.7 Å². The monoisotopic (exact) mass is 320 g/mol. The fraction of sp³-hybridized carbons (Fsp3) is 0.867. The van der Waals surface area contributed by atoms with Crippen LogP contribution in [0.2, 0.25) is 0 Å². The molecule has 1 aliphatic rings. The van der Waals surface area contributed by atoms with Crippen molar-refractivity contribution >= 4 is 11.9 Å². The molecule has 0 amide bonds. The number of rotatable bonds is 8. The number of hydrogen-bond acceptors (Lipinski definition) is 5. The van der Waals surface area contributed by atoms with Gasteiger partial charge in [0.25, 0.3) is 0 Å². The molecule has 0 aromatic heterocycles. The highest BCUT2D eigenvalue weighted by molar-refractivity contribution is 5.80. The fourth-order valence-electron chi connectivity index (χ4n) is 2.14. The third-order valence-corrected chi connectivity index (χ3v) is 3.44. The van der Waals surface area contributed by atoms with E-state index in [2.05, 4.69) is 19.2 Å². The lowest BCUT2D eigenvalue weighted by Crippen LogP contribution is -3.00. The van der Waals surface area contributed by atoms with Gasteiger partial charge in [0.05, 0.1) is 13.2 Å². The van der Waals surface area contributed by atoms with Crippen LogP contribution in [0.3, 0.4) is 0 Å². The molecule has 1 rings (SSSR count). The molecular weight excluding hydrogens is 294 g/mol. The normalized spacial score (nSPS) is 21.2. The first-order valence-electron chi connectivity index (χ1n) is 7.78. The molecule has 1 fully saturated rings. The first-order valence-corrected chi connectivity index (χ1v) is 7.78. The molecule has 0 saturated carbocycles. The second-order valence-electron chi connectivity index (χ2n) is 5.24. The molecule has 0 aromatic carbocycles. The third kappa shape index (κ3) is 7.67. The Morgan fingerprint density at radius 2 is 1.38 bits per heavy atom. The van der Waals surface area contributed by atoms with Crippen molar-refractivity contribution in [3.8, 4) is 0 Å². The van der Waals surface area contributed by atoms with Gasteiger partial charge in [-0.2, -0.15) is 0 Å². The summed E-state index contributed by atoms with van der Waals surface area (Å²) in [6.07, 6.45) is 6.04. The van der Waals surface area contributed by atoms with E-state index in [1.165, 1.54) is 0 Å². The minimum absolute atomic E-state index is 0. The molecule has 2 unspecified atom stereocenters. The highest BCUT2D eigenvalue weighted by Crippen LogP contribution is 2.15. The van der Waals surface area contributed by atoms with Crippen molar-refractivity contribution in [1.82, 2.24) is 5.32 Å². The minimum Gasteiger partial charge on any atom is -1.00 e. The van der Waals surface area contributed by atoms with Crippen molar-refractivity contribution in [2.75, 3.05) is 13.2 Å². The number of nitrogens with one attached hydrogen (secondary N) is 1. The number of piperidine rings is 1. The number of unbranched alkanes of at least 4 members (excludes halogenated alkanes) is 2. The molecule has 1 aliphatic heterocycles. The number of hydrogen-bond donors (Lipinski definition) is 1. The highest BCUT2D eigenvalue weighted by Gasteiger charge is 2.31. The SMILES string of the molecule is CCCCOC(=O)C1CCCC(C(=O)OCCCC)N1.[Cl-]. The van der Waals surface area contributed by atoms with Crippen LogP contribution in [0.25, 0.3) is 0 Å². The summed E-state index contributed by atoms with van der Waals surface area (Å²) >= 11 is 0. The zero-order chi connectivity index (χ0) is 14.8. The van der Waals surface area contributed by atoms with Gasteiger partial charge in [0.1, 0.15) is 12.1 Å². The molecule has 2 atom stereocenters. The molecule has 124 valence electrons. The first kappa shape index (κ1) is 20.2. The van der Waals surface area contributed by atoms with Crippen molar-refractivity contribution in [2.45, 2.75) is 70.9 Å². The van der Waals surface area contributed by atoms with Crippen LogP contribution in [-0.2, 0) is 19.1 Å². The van der Waals surface area contributed by atoms with Crippen LogP contribution in [0.5, 0.6) is 0 Å². The third-order valence-electron chi connectivity index (χ3n) is 3.44. The van der Waals surface area contributed by atoms with Crippen molar-refractivity contribution < 1.29 is 31.5 Å². The predicted molar refractivity (Wildman–Crippen MR) is 76.3 cm³/mol. The molecule has 1 saturated heterocycles. The number of carbonyl (C=O) groups excluding carboxylic acids is 2. The van der Waals surface area contributed by atoms with E-state index in [1.807, 2.05) is 0 Å². The summed E-state index contributed by atoms with van der Waals surface area (Å²) in [5, 5.41) is 3.06. The average molecular weight is 321 g/mol. The van der Waals surface area contributed by atoms with Gasteiger partial charge in [0.15, 0.2) is 0 Å².